The highest BCUT2D eigenvalue weighted by molar-refractivity contribution is 7.68. The molecule has 7 nitrogen and oxygen atoms in total. The molecule has 23 heavy (non-hydrogen) atoms. The number of ether oxygens (including phenoxy) is 4. The predicted octanol–water partition coefficient (Wildman–Crippen LogP) is 0.884. The van der Waals surface area contributed by atoms with Gasteiger partial charge in [-0.2, -0.15) is 9.34 Å². The Labute approximate surface area is 142 Å². The molecule has 0 aromatic heterocycles. The first-order chi connectivity index (χ1) is 11.0. The summed E-state index contributed by atoms with van der Waals surface area (Å²) in [6.45, 7) is 9.23. The second-order valence-corrected chi connectivity index (χ2v) is 9.87. The van der Waals surface area contributed by atoms with Crippen molar-refractivity contribution < 1.29 is 18.9 Å². The third kappa shape index (κ3) is 7.28. The van der Waals surface area contributed by atoms with Crippen LogP contribution in [0.15, 0.2) is 0 Å². The molecule has 0 saturated carbocycles. The first kappa shape index (κ1) is 21.2. The minimum atomic E-state index is -1.54. The van der Waals surface area contributed by atoms with Crippen LogP contribution in [0.4, 0.5) is 0 Å². The molecule has 0 amide bonds. The lowest BCUT2D eigenvalue weighted by Gasteiger charge is -2.40. The summed E-state index contributed by atoms with van der Waals surface area (Å²) in [6.07, 6.45) is 0. The summed E-state index contributed by atoms with van der Waals surface area (Å²) in [5, 5.41) is 0. The Kier molecular flexibility index (Phi) is 10.7. The van der Waals surface area contributed by atoms with Crippen molar-refractivity contribution >= 4 is 7.71 Å². The van der Waals surface area contributed by atoms with Crippen molar-refractivity contribution in [2.75, 3.05) is 101 Å². The molecular formula is C15H35N3O4P+. The van der Waals surface area contributed by atoms with Gasteiger partial charge in [0, 0.05) is 28.2 Å². The summed E-state index contributed by atoms with van der Waals surface area (Å²) in [5.41, 5.74) is 0. The van der Waals surface area contributed by atoms with Gasteiger partial charge in [-0.15, -0.1) is 4.67 Å². The van der Waals surface area contributed by atoms with Crippen LogP contribution in [0.1, 0.15) is 0 Å². The van der Waals surface area contributed by atoms with E-state index in [1.54, 1.807) is 0 Å². The van der Waals surface area contributed by atoms with Crippen molar-refractivity contribution in [3.63, 3.8) is 0 Å². The highest BCUT2D eigenvalue weighted by Crippen LogP contribution is 2.61. The zero-order valence-electron chi connectivity index (χ0n) is 15.5. The largest absolute Gasteiger partial charge is 0.378 e. The van der Waals surface area contributed by atoms with Crippen LogP contribution >= 0.6 is 7.71 Å². The molecule has 0 unspecified atom stereocenters. The van der Waals surface area contributed by atoms with Crippen LogP contribution in [-0.2, 0) is 18.9 Å². The molecule has 0 spiro atoms. The van der Waals surface area contributed by atoms with E-state index in [0.29, 0.717) is 52.9 Å². The quantitative estimate of drug-likeness (QED) is 0.699. The van der Waals surface area contributed by atoms with E-state index in [-0.39, 0.29) is 0 Å². The molecule has 1 saturated heterocycles. The highest BCUT2D eigenvalue weighted by Gasteiger charge is 2.45. The molecule has 138 valence electrons. The molecule has 0 N–H and O–H groups in total. The second kappa shape index (κ2) is 11.7. The minimum Gasteiger partial charge on any atom is -0.378 e. The Bertz CT molecular complexity index is 284. The number of hydrogen-bond acceptors (Lipinski definition) is 7. The van der Waals surface area contributed by atoms with E-state index in [9.17, 15) is 0 Å². The summed E-state index contributed by atoms with van der Waals surface area (Å²) in [4.78, 5) is 0. The molecular weight excluding hydrogens is 317 g/mol. The minimum absolute atomic E-state index is 0.611. The van der Waals surface area contributed by atoms with Gasteiger partial charge in [-0.05, 0) is 0 Å². The van der Waals surface area contributed by atoms with Gasteiger partial charge in [0.1, 0.15) is 0 Å². The topological polar surface area (TPSA) is 46.6 Å². The fourth-order valence-corrected chi connectivity index (χ4v) is 5.10. The van der Waals surface area contributed by atoms with Gasteiger partial charge in [0.25, 0.3) is 0 Å². The summed E-state index contributed by atoms with van der Waals surface area (Å²) < 4.78 is 29.5. The first-order valence-electron chi connectivity index (χ1n) is 8.28. The van der Waals surface area contributed by atoms with Gasteiger partial charge in [0.05, 0.1) is 72.6 Å². The molecule has 0 aliphatic carbocycles. The Balaban J connectivity index is 2.64. The molecule has 0 radical (unpaired) electrons. The van der Waals surface area contributed by atoms with E-state index in [4.69, 9.17) is 18.9 Å². The van der Waals surface area contributed by atoms with E-state index in [1.165, 1.54) is 0 Å². The van der Waals surface area contributed by atoms with Crippen molar-refractivity contribution in [3.8, 4) is 0 Å². The summed E-state index contributed by atoms with van der Waals surface area (Å²) in [6, 6.07) is 0. The van der Waals surface area contributed by atoms with Crippen LogP contribution in [0, 0.1) is 0 Å². The van der Waals surface area contributed by atoms with Gasteiger partial charge >= 0.3 is 0 Å². The first-order valence-corrected chi connectivity index (χ1v) is 10.4. The zero-order chi connectivity index (χ0) is 17.1. The molecule has 0 bridgehead atoms. The number of nitrogens with zero attached hydrogens (tertiary/aromatic N) is 3. The molecule has 0 aromatic rings. The molecule has 8 heteroatoms. The summed E-state index contributed by atoms with van der Waals surface area (Å²) in [5.74, 6) is 0. The molecule has 1 fully saturated rings. The van der Waals surface area contributed by atoms with Crippen LogP contribution in [-0.4, -0.2) is 115 Å². The van der Waals surface area contributed by atoms with Crippen molar-refractivity contribution in [3.05, 3.63) is 0 Å². The van der Waals surface area contributed by atoms with Crippen molar-refractivity contribution in [2.24, 2.45) is 0 Å². The Morgan fingerprint density at radius 3 is 1.22 bits per heavy atom. The lowest BCUT2D eigenvalue weighted by atomic mass is 10.6. The lowest BCUT2D eigenvalue weighted by molar-refractivity contribution is 0.00206. The van der Waals surface area contributed by atoms with Crippen LogP contribution in [0.25, 0.3) is 0 Å². The fraction of sp³-hybridized carbons (Fsp3) is 1.00. The Hall–Kier alpha value is 0.150. The second-order valence-electron chi connectivity index (χ2n) is 5.97. The van der Waals surface area contributed by atoms with Crippen LogP contribution in [0.2, 0.25) is 0 Å². The maximum Gasteiger partial charge on any atom is 0.223 e. The smallest absolute Gasteiger partial charge is 0.223 e. The van der Waals surface area contributed by atoms with E-state index >= 15 is 0 Å². The van der Waals surface area contributed by atoms with E-state index in [2.05, 4.69) is 48.9 Å². The Morgan fingerprint density at radius 2 is 0.913 bits per heavy atom. The lowest BCUT2D eigenvalue weighted by Crippen LogP contribution is -2.42. The van der Waals surface area contributed by atoms with Gasteiger partial charge in [-0.1, -0.05) is 0 Å². The Morgan fingerprint density at radius 1 is 0.609 bits per heavy atom. The zero-order valence-corrected chi connectivity index (χ0v) is 16.4. The van der Waals surface area contributed by atoms with Crippen LogP contribution in [0.3, 0.4) is 0 Å². The number of hydrogen-bond donors (Lipinski definition) is 0. The summed E-state index contributed by atoms with van der Waals surface area (Å²) >= 11 is 0. The molecule has 1 aliphatic rings. The molecule has 0 aromatic carbocycles. The van der Waals surface area contributed by atoms with Gasteiger partial charge in [0.2, 0.25) is 7.71 Å². The highest BCUT2D eigenvalue weighted by atomic mass is 31.2. The normalized spacial score (nSPS) is 22.0. The van der Waals surface area contributed by atoms with Gasteiger partial charge in [0.15, 0.2) is 0 Å². The van der Waals surface area contributed by atoms with Crippen molar-refractivity contribution in [1.82, 2.24) is 14.0 Å². The fourth-order valence-electron chi connectivity index (χ4n) is 2.46. The van der Waals surface area contributed by atoms with Crippen molar-refractivity contribution in [2.45, 2.75) is 0 Å². The molecule has 1 heterocycles. The standard InChI is InChI=1S/C15H35N3O4P/c1-16(2)23(5,17(3)4)18-6-8-19-10-12-21-14-15-22-13-11-20-9-7-18/h6-15H2,1-5H3/q+1. The predicted molar refractivity (Wildman–Crippen MR) is 95.1 cm³/mol. The van der Waals surface area contributed by atoms with Gasteiger partial charge in [-0.3, -0.25) is 0 Å². The average molecular weight is 352 g/mol. The maximum atomic E-state index is 5.73. The number of rotatable bonds is 3. The SMILES string of the molecule is CN(C)[P+](C)(N(C)C)N1CCOCCOCCOCCOCC1. The van der Waals surface area contributed by atoms with Gasteiger partial charge < -0.3 is 18.9 Å². The molecule has 1 aliphatic heterocycles. The third-order valence-corrected chi connectivity index (χ3v) is 8.66. The molecule has 1 rings (SSSR count). The van der Waals surface area contributed by atoms with Crippen molar-refractivity contribution in [1.29, 1.82) is 0 Å². The maximum absolute atomic E-state index is 5.73. The van der Waals surface area contributed by atoms with E-state index in [1.807, 2.05) is 0 Å². The summed E-state index contributed by atoms with van der Waals surface area (Å²) in [7, 11) is 7.04. The van der Waals surface area contributed by atoms with Gasteiger partial charge in [-0.25, -0.2) is 0 Å². The average Bonchev–Trinajstić information content (AvgIpc) is 2.52. The third-order valence-electron chi connectivity index (χ3n) is 4.15. The monoisotopic (exact) mass is 352 g/mol. The molecule has 0 atom stereocenters. The van der Waals surface area contributed by atoms with Crippen LogP contribution in [0.5, 0.6) is 0 Å². The van der Waals surface area contributed by atoms with E-state index in [0.717, 1.165) is 13.1 Å². The van der Waals surface area contributed by atoms with Crippen LogP contribution < -0.4 is 0 Å². The van der Waals surface area contributed by atoms with E-state index < -0.39 is 7.71 Å².